The number of rotatable bonds is 4. The highest BCUT2D eigenvalue weighted by Gasteiger charge is 2.58. The van der Waals surface area contributed by atoms with E-state index in [9.17, 15) is 9.18 Å². The maximum Gasteiger partial charge on any atom is 0.280 e. The van der Waals surface area contributed by atoms with Gasteiger partial charge in [-0.05, 0) is 30.0 Å². The van der Waals surface area contributed by atoms with Crippen LogP contribution >= 0.6 is 11.6 Å². The van der Waals surface area contributed by atoms with Gasteiger partial charge in [0.15, 0.2) is 17.0 Å². The quantitative estimate of drug-likeness (QED) is 0.479. The highest BCUT2D eigenvalue weighted by Crippen LogP contribution is 2.58. The smallest absolute Gasteiger partial charge is 0.280 e. The van der Waals surface area contributed by atoms with Crippen LogP contribution < -0.4 is 10.5 Å². The third kappa shape index (κ3) is 3.01. The van der Waals surface area contributed by atoms with Crippen LogP contribution in [-0.4, -0.2) is 42.3 Å². The summed E-state index contributed by atoms with van der Waals surface area (Å²) in [7, 11) is 1.75. The molecule has 1 aromatic carbocycles. The molecule has 2 fully saturated rings. The lowest BCUT2D eigenvalue weighted by Gasteiger charge is -2.21. The Morgan fingerprint density at radius 2 is 1.97 bits per heavy atom. The van der Waals surface area contributed by atoms with Gasteiger partial charge in [-0.15, -0.1) is 0 Å². The Balaban J connectivity index is 1.17. The topological polar surface area (TPSA) is 94.9 Å². The summed E-state index contributed by atoms with van der Waals surface area (Å²) in [6.07, 6.45) is 3.00. The number of piperidine rings is 1. The van der Waals surface area contributed by atoms with Crippen molar-refractivity contribution in [3.8, 4) is 0 Å². The molecule has 0 amide bonds. The van der Waals surface area contributed by atoms with Crippen molar-refractivity contribution in [1.29, 1.82) is 0 Å². The van der Waals surface area contributed by atoms with Crippen LogP contribution in [0.5, 0.6) is 0 Å². The van der Waals surface area contributed by atoms with Crippen molar-refractivity contribution in [1.82, 2.24) is 29.2 Å². The van der Waals surface area contributed by atoms with E-state index in [2.05, 4.69) is 25.0 Å². The second-order valence-corrected chi connectivity index (χ2v) is 8.57. The zero-order chi connectivity index (χ0) is 21.3. The van der Waals surface area contributed by atoms with Crippen LogP contribution in [0.25, 0.3) is 11.2 Å². The van der Waals surface area contributed by atoms with Gasteiger partial charge in [0.05, 0.1) is 6.33 Å². The summed E-state index contributed by atoms with van der Waals surface area (Å²) in [6, 6.07) is 4.59. The average molecular weight is 442 g/mol. The third-order valence-corrected chi connectivity index (χ3v) is 6.41. The van der Waals surface area contributed by atoms with E-state index in [1.807, 2.05) is 0 Å². The average Bonchev–Trinajstić information content (AvgIpc) is 3.15. The molecule has 1 aliphatic carbocycles. The van der Waals surface area contributed by atoms with Crippen molar-refractivity contribution < 1.29 is 8.91 Å². The summed E-state index contributed by atoms with van der Waals surface area (Å²) < 4.78 is 22.1. The Morgan fingerprint density at radius 1 is 1.19 bits per heavy atom. The number of nitrogens with zero attached hydrogens (tertiary/aromatic N) is 7. The largest absolute Gasteiger partial charge is 0.371 e. The van der Waals surface area contributed by atoms with Gasteiger partial charge < -0.3 is 14.0 Å². The number of halogens is 2. The fourth-order valence-electron chi connectivity index (χ4n) is 4.64. The van der Waals surface area contributed by atoms with E-state index in [4.69, 9.17) is 16.1 Å². The summed E-state index contributed by atoms with van der Waals surface area (Å²) in [5.74, 6) is 1.68. The first-order valence-corrected chi connectivity index (χ1v) is 10.3. The van der Waals surface area contributed by atoms with Crippen LogP contribution in [0.15, 0.2) is 40.2 Å². The minimum absolute atomic E-state index is 0.149. The van der Waals surface area contributed by atoms with E-state index in [-0.39, 0.29) is 23.8 Å². The van der Waals surface area contributed by atoms with Gasteiger partial charge in [0.2, 0.25) is 5.89 Å². The number of fused-ring (bicyclic) bond motifs is 2. The molecule has 11 heteroatoms. The minimum Gasteiger partial charge on any atom is -0.371 e. The summed E-state index contributed by atoms with van der Waals surface area (Å²) in [6.45, 7) is 1.73. The molecule has 2 unspecified atom stereocenters. The van der Waals surface area contributed by atoms with Gasteiger partial charge in [-0.3, -0.25) is 9.36 Å². The van der Waals surface area contributed by atoms with Gasteiger partial charge in [0, 0.05) is 36.8 Å². The number of imidazole rings is 1. The minimum atomic E-state index is -0.337. The van der Waals surface area contributed by atoms with E-state index in [1.54, 1.807) is 24.0 Å². The first-order chi connectivity index (χ1) is 15.0. The van der Waals surface area contributed by atoms with Crippen molar-refractivity contribution in [3.63, 3.8) is 0 Å². The highest BCUT2D eigenvalue weighted by atomic mass is 35.5. The zero-order valence-corrected chi connectivity index (χ0v) is 17.2. The van der Waals surface area contributed by atoms with Gasteiger partial charge in [0.25, 0.3) is 5.56 Å². The molecule has 1 aliphatic heterocycles. The van der Waals surface area contributed by atoms with Gasteiger partial charge in [-0.1, -0.05) is 16.8 Å². The lowest BCUT2D eigenvalue weighted by atomic mass is 10.2. The first-order valence-electron chi connectivity index (χ1n) is 9.88. The molecule has 4 aromatic rings. The molecule has 3 aromatic heterocycles. The predicted octanol–water partition coefficient (Wildman–Crippen LogP) is 2.20. The molecule has 2 atom stereocenters. The van der Waals surface area contributed by atoms with Crippen LogP contribution in [0.3, 0.4) is 0 Å². The molecule has 9 nitrogen and oxygen atoms in total. The van der Waals surface area contributed by atoms with Crippen LogP contribution in [-0.2, 0) is 13.6 Å². The van der Waals surface area contributed by atoms with E-state index >= 15 is 0 Å². The van der Waals surface area contributed by atoms with Crippen molar-refractivity contribution in [2.75, 3.05) is 18.0 Å². The Labute approximate surface area is 180 Å². The lowest BCUT2D eigenvalue weighted by molar-refractivity contribution is 0.363. The molecule has 4 heterocycles. The van der Waals surface area contributed by atoms with Gasteiger partial charge in [-0.2, -0.15) is 4.98 Å². The fraction of sp³-hybridized carbons (Fsp3) is 0.350. The summed E-state index contributed by atoms with van der Waals surface area (Å²) >= 11 is 5.98. The molecular formula is C20H17ClFN7O2. The first kappa shape index (κ1) is 18.5. The maximum atomic E-state index is 13.7. The fourth-order valence-corrected chi connectivity index (χ4v) is 4.86. The predicted molar refractivity (Wildman–Crippen MR) is 110 cm³/mol. The van der Waals surface area contributed by atoms with Crippen LogP contribution in [0.1, 0.15) is 17.6 Å². The molecule has 0 spiro atoms. The molecule has 158 valence electrons. The van der Waals surface area contributed by atoms with Crippen molar-refractivity contribution in [2.45, 2.75) is 12.5 Å². The molecule has 6 rings (SSSR count). The van der Waals surface area contributed by atoms with E-state index < -0.39 is 0 Å². The molecule has 0 radical (unpaired) electrons. The maximum absolute atomic E-state index is 13.7. The van der Waals surface area contributed by atoms with Crippen molar-refractivity contribution in [2.24, 2.45) is 18.9 Å². The van der Waals surface area contributed by atoms with Crippen molar-refractivity contribution >= 4 is 28.5 Å². The van der Waals surface area contributed by atoms with Gasteiger partial charge >= 0.3 is 0 Å². The third-order valence-electron chi connectivity index (χ3n) is 6.19. The number of aromatic nitrogens is 6. The van der Waals surface area contributed by atoms with E-state index in [1.165, 1.54) is 23.0 Å². The van der Waals surface area contributed by atoms with Gasteiger partial charge in [0.1, 0.15) is 18.7 Å². The number of hydrogen-bond donors (Lipinski definition) is 0. The number of anilines is 1. The SMILES string of the molecule is Cn1cnc2ncn(Cc3nc(C4C5CN(c6cc(F)cc(Cl)c6)CC54)no3)c(=O)c21. The van der Waals surface area contributed by atoms with Crippen LogP contribution in [0.4, 0.5) is 10.1 Å². The molecule has 1 saturated heterocycles. The molecule has 1 saturated carbocycles. The van der Waals surface area contributed by atoms with Gasteiger partial charge in [-0.25, -0.2) is 14.4 Å². The Morgan fingerprint density at radius 3 is 2.74 bits per heavy atom. The summed E-state index contributed by atoms with van der Waals surface area (Å²) in [5, 5.41) is 4.54. The molecule has 31 heavy (non-hydrogen) atoms. The monoisotopic (exact) mass is 441 g/mol. The number of hydrogen-bond acceptors (Lipinski definition) is 7. The second-order valence-electron chi connectivity index (χ2n) is 8.14. The second kappa shape index (κ2) is 6.61. The molecule has 0 bridgehead atoms. The Kier molecular flexibility index (Phi) is 3.95. The molecule has 0 N–H and O–H groups in total. The van der Waals surface area contributed by atoms with Crippen LogP contribution in [0, 0.1) is 17.7 Å². The highest BCUT2D eigenvalue weighted by molar-refractivity contribution is 6.30. The lowest BCUT2D eigenvalue weighted by Crippen LogP contribution is -2.24. The van der Waals surface area contributed by atoms with E-state index in [0.717, 1.165) is 18.8 Å². The number of benzene rings is 1. The Bertz CT molecular complexity index is 1350. The molecular weight excluding hydrogens is 425 g/mol. The standard InChI is InChI=1S/C20H17ClFN7O2/c1-27-8-23-19-17(27)20(30)29(9-24-19)7-15-25-18(26-31-15)16-13-5-28(6-14(13)16)12-3-10(21)2-11(22)4-12/h2-4,8-9,13-14,16H,5-7H2,1H3. The van der Waals surface area contributed by atoms with Crippen LogP contribution in [0.2, 0.25) is 5.02 Å². The zero-order valence-electron chi connectivity index (χ0n) is 16.4. The van der Waals surface area contributed by atoms with E-state index in [0.29, 0.717) is 39.7 Å². The summed E-state index contributed by atoms with van der Waals surface area (Å²) in [5.41, 5.74) is 1.42. The molecule has 2 aliphatic rings. The van der Waals surface area contributed by atoms with Crippen molar-refractivity contribution in [3.05, 3.63) is 63.8 Å². The Hall–Kier alpha value is -3.27. The number of aryl methyl sites for hydroxylation is 1. The summed E-state index contributed by atoms with van der Waals surface area (Å²) in [4.78, 5) is 27.6. The normalized spacial score (nSPS) is 22.3.